The van der Waals surface area contributed by atoms with Gasteiger partial charge in [0.15, 0.2) is 5.71 Å². The summed E-state index contributed by atoms with van der Waals surface area (Å²) < 4.78 is 68.6. The first kappa shape index (κ1) is 33.3. The molecule has 0 aromatic heterocycles. The zero-order valence-corrected chi connectivity index (χ0v) is 27.1. The van der Waals surface area contributed by atoms with Crippen LogP contribution in [0.15, 0.2) is 82.3 Å². The van der Waals surface area contributed by atoms with Crippen LogP contribution in [0.4, 0.5) is 11.4 Å². The van der Waals surface area contributed by atoms with E-state index in [1.807, 2.05) is 65.0 Å². The monoisotopic (exact) mass is 643 g/mol. The van der Waals surface area contributed by atoms with Gasteiger partial charge in [0.25, 0.3) is 20.2 Å². The lowest BCUT2D eigenvalue weighted by molar-refractivity contribution is -0.433. The van der Waals surface area contributed by atoms with Crippen molar-refractivity contribution in [2.24, 2.45) is 0 Å². The van der Waals surface area contributed by atoms with Gasteiger partial charge in [0.1, 0.15) is 6.54 Å². The number of benzene rings is 2. The molecule has 0 unspecified atom stereocenters. The minimum atomic E-state index is -4.39. The van der Waals surface area contributed by atoms with Crippen molar-refractivity contribution in [2.45, 2.75) is 74.5 Å². The highest BCUT2D eigenvalue weighted by molar-refractivity contribution is 7.86. The summed E-state index contributed by atoms with van der Waals surface area (Å²) in [6.45, 7) is 11.1. The van der Waals surface area contributed by atoms with E-state index >= 15 is 0 Å². The largest absolute Gasteiger partial charge is 0.481 e. The van der Waals surface area contributed by atoms with E-state index in [0.29, 0.717) is 25.9 Å². The minimum Gasteiger partial charge on any atom is -0.481 e. The van der Waals surface area contributed by atoms with E-state index in [1.165, 1.54) is 24.3 Å². The highest BCUT2D eigenvalue weighted by Crippen LogP contribution is 2.48. The molecule has 2 aliphatic heterocycles. The van der Waals surface area contributed by atoms with E-state index in [1.54, 1.807) is 12.1 Å². The molecule has 0 atom stereocenters. The van der Waals surface area contributed by atoms with Gasteiger partial charge >= 0.3 is 5.97 Å². The number of fused-ring (bicyclic) bond motifs is 2. The van der Waals surface area contributed by atoms with Gasteiger partial charge in [-0.2, -0.15) is 21.4 Å². The van der Waals surface area contributed by atoms with Crippen LogP contribution in [0.5, 0.6) is 0 Å². The van der Waals surface area contributed by atoms with E-state index in [0.717, 1.165) is 33.9 Å². The van der Waals surface area contributed by atoms with Crippen molar-refractivity contribution in [3.8, 4) is 0 Å². The standard InChI is InChI=1S/C32H38N2O8S2/c1-6-33-26-17-15-22(43(37,38)39)20-24(26)31(2,3)28(33)12-8-7-9-13-29-32(4,5)25-21-23(44(40,41)42)16-18-27(25)34(29)19-11-10-14-30(35)36/h7-9,12-13,15-18,20-21H,6,10-11,14,19H2,1-5H3,(H2-,35,36,37,38,39,40,41,42)/p+1. The van der Waals surface area contributed by atoms with Gasteiger partial charge in [-0.1, -0.05) is 32.1 Å². The number of anilines is 1. The fraction of sp³-hybridized carbons (Fsp3) is 0.375. The van der Waals surface area contributed by atoms with E-state index in [-0.39, 0.29) is 16.2 Å². The summed E-state index contributed by atoms with van der Waals surface area (Å²) in [6.07, 6.45) is 10.7. The van der Waals surface area contributed by atoms with Crippen molar-refractivity contribution in [2.75, 3.05) is 18.0 Å². The molecular weight excluding hydrogens is 604 g/mol. The van der Waals surface area contributed by atoms with E-state index in [4.69, 9.17) is 5.11 Å². The lowest BCUT2D eigenvalue weighted by atomic mass is 9.81. The highest BCUT2D eigenvalue weighted by atomic mass is 32.2. The van der Waals surface area contributed by atoms with Crippen LogP contribution in [0.3, 0.4) is 0 Å². The molecule has 0 radical (unpaired) electrons. The number of nitrogens with zero attached hydrogens (tertiary/aromatic N) is 2. The molecule has 0 amide bonds. The van der Waals surface area contributed by atoms with Gasteiger partial charge in [-0.3, -0.25) is 13.9 Å². The predicted octanol–water partition coefficient (Wildman–Crippen LogP) is 5.63. The first-order valence-corrected chi connectivity index (χ1v) is 17.2. The third-order valence-electron chi connectivity index (χ3n) is 8.39. The Balaban J connectivity index is 1.65. The molecule has 0 aliphatic carbocycles. The minimum absolute atomic E-state index is 0.0560. The predicted molar refractivity (Wildman–Crippen MR) is 169 cm³/mol. The second-order valence-electron chi connectivity index (χ2n) is 12.0. The second-order valence-corrected chi connectivity index (χ2v) is 14.8. The van der Waals surface area contributed by atoms with Crippen LogP contribution in [-0.2, 0) is 35.9 Å². The first-order valence-electron chi connectivity index (χ1n) is 14.3. The molecule has 0 saturated carbocycles. The van der Waals surface area contributed by atoms with Crippen molar-refractivity contribution in [3.63, 3.8) is 0 Å². The first-order chi connectivity index (χ1) is 20.4. The van der Waals surface area contributed by atoms with Crippen LogP contribution in [-0.4, -0.2) is 60.4 Å². The van der Waals surface area contributed by atoms with E-state index in [2.05, 4.69) is 9.48 Å². The van der Waals surface area contributed by atoms with Crippen LogP contribution >= 0.6 is 0 Å². The van der Waals surface area contributed by atoms with Crippen LogP contribution in [0.1, 0.15) is 65.0 Å². The van der Waals surface area contributed by atoms with Crippen molar-refractivity contribution >= 4 is 43.3 Å². The third kappa shape index (κ3) is 6.44. The smallest absolute Gasteiger partial charge is 0.303 e. The Morgan fingerprint density at radius 3 is 2.07 bits per heavy atom. The molecular formula is C32H39N2O8S2+. The summed E-state index contributed by atoms with van der Waals surface area (Å²) in [6, 6.07) is 9.16. The molecule has 12 heteroatoms. The van der Waals surface area contributed by atoms with Gasteiger partial charge in [-0.25, -0.2) is 0 Å². The number of aliphatic carboxylic acids is 1. The number of rotatable bonds is 11. The molecule has 2 aromatic carbocycles. The van der Waals surface area contributed by atoms with E-state index < -0.39 is 37.0 Å². The quantitative estimate of drug-likeness (QED) is 0.123. The summed E-state index contributed by atoms with van der Waals surface area (Å²) in [5.74, 6) is -0.859. The number of unbranched alkanes of at least 4 members (excludes halogenated alkanes) is 1. The number of carboxylic acids is 1. The average molecular weight is 644 g/mol. The summed E-state index contributed by atoms with van der Waals surface area (Å²) in [5, 5.41) is 9.05. The van der Waals surface area contributed by atoms with Gasteiger partial charge in [-0.15, -0.1) is 0 Å². The molecule has 2 aromatic rings. The molecule has 0 bridgehead atoms. The maximum atomic E-state index is 11.9. The van der Waals surface area contributed by atoms with Crippen LogP contribution in [0, 0.1) is 0 Å². The Labute approximate surface area is 259 Å². The van der Waals surface area contributed by atoms with Gasteiger partial charge in [0, 0.05) is 47.5 Å². The third-order valence-corrected chi connectivity index (χ3v) is 10.1. The van der Waals surface area contributed by atoms with Crippen molar-refractivity contribution < 1.29 is 40.4 Å². The summed E-state index contributed by atoms with van der Waals surface area (Å²) in [4.78, 5) is 12.8. The Morgan fingerprint density at radius 1 is 0.864 bits per heavy atom. The second kappa shape index (κ2) is 12.1. The van der Waals surface area contributed by atoms with Crippen molar-refractivity contribution in [3.05, 3.63) is 83.6 Å². The lowest BCUT2D eigenvalue weighted by Gasteiger charge is -2.27. The molecule has 2 heterocycles. The van der Waals surface area contributed by atoms with Gasteiger partial charge < -0.3 is 10.0 Å². The maximum absolute atomic E-state index is 11.9. The molecule has 236 valence electrons. The number of hydrogen-bond donors (Lipinski definition) is 3. The number of carboxylic acid groups (broad SMARTS) is 1. The fourth-order valence-corrected chi connectivity index (χ4v) is 7.13. The van der Waals surface area contributed by atoms with Crippen LogP contribution in [0.2, 0.25) is 0 Å². The molecule has 2 aliphatic rings. The lowest BCUT2D eigenvalue weighted by Crippen LogP contribution is -2.27. The average Bonchev–Trinajstić information content (AvgIpc) is 3.27. The number of hydrogen-bond acceptors (Lipinski definition) is 6. The topological polar surface area (TPSA) is 152 Å². The summed E-state index contributed by atoms with van der Waals surface area (Å²) in [7, 11) is -8.73. The number of allylic oxidation sites excluding steroid dienone is 6. The summed E-state index contributed by atoms with van der Waals surface area (Å²) >= 11 is 0. The van der Waals surface area contributed by atoms with E-state index in [9.17, 15) is 30.7 Å². The molecule has 3 N–H and O–H groups in total. The highest BCUT2D eigenvalue weighted by Gasteiger charge is 2.44. The Morgan fingerprint density at radius 2 is 1.48 bits per heavy atom. The Bertz CT molecular complexity index is 1830. The zero-order valence-electron chi connectivity index (χ0n) is 25.5. The van der Waals surface area contributed by atoms with Gasteiger partial charge in [0.2, 0.25) is 5.69 Å². The van der Waals surface area contributed by atoms with Gasteiger partial charge in [-0.05, 0) is 75.6 Å². The molecule has 4 rings (SSSR count). The van der Waals surface area contributed by atoms with Crippen molar-refractivity contribution in [1.29, 1.82) is 0 Å². The van der Waals surface area contributed by atoms with Crippen LogP contribution < -0.4 is 4.90 Å². The Kier molecular flexibility index (Phi) is 9.14. The maximum Gasteiger partial charge on any atom is 0.303 e. The molecule has 10 nitrogen and oxygen atoms in total. The van der Waals surface area contributed by atoms with Crippen LogP contribution in [0.25, 0.3) is 0 Å². The molecule has 0 saturated heterocycles. The van der Waals surface area contributed by atoms with Crippen molar-refractivity contribution in [1.82, 2.24) is 0 Å². The SMILES string of the molecule is CC[N+]1=C(/C=C/C=C/C=C2\N(CCCCC(=O)O)c3ccc(S(=O)(=O)O)cc3C2(C)C)C(C)(C)c2cc(S(=O)(=O)O)ccc21. The number of carbonyl (C=O) groups is 1. The fourth-order valence-electron chi connectivity index (χ4n) is 6.12. The van der Waals surface area contributed by atoms with Gasteiger partial charge in [0.05, 0.1) is 15.2 Å². The molecule has 0 spiro atoms. The zero-order chi connectivity index (χ0) is 32.7. The normalized spacial score (nSPS) is 18.5. The molecule has 0 fully saturated rings. The Hall–Kier alpha value is -3.58. The summed E-state index contributed by atoms with van der Waals surface area (Å²) in [5.41, 5.74) is 3.95. The molecule has 44 heavy (non-hydrogen) atoms.